The smallest absolute Gasteiger partial charge is 0.407 e. The molecular weight excluding hydrogens is 485 g/mol. The number of nitrogens with zero attached hydrogens (tertiary/aromatic N) is 1. The van der Waals surface area contributed by atoms with Crippen LogP contribution in [0.2, 0.25) is 10.0 Å². The summed E-state index contributed by atoms with van der Waals surface area (Å²) in [7, 11) is 0. The monoisotopic (exact) mass is 513 g/mol. The molecule has 1 heterocycles. The second-order valence-corrected chi connectivity index (χ2v) is 9.64. The minimum Gasteiger partial charge on any atom is -0.480 e. The lowest BCUT2D eigenvalue weighted by Gasteiger charge is -2.31. The molecule has 2 rings (SSSR count). The molecular formula is C23H29Cl2N3O6. The topological polar surface area (TPSA) is 125 Å². The lowest BCUT2D eigenvalue weighted by molar-refractivity contribution is -0.142. The van der Waals surface area contributed by atoms with E-state index in [9.17, 15) is 24.3 Å². The van der Waals surface area contributed by atoms with Crippen molar-refractivity contribution in [1.29, 1.82) is 0 Å². The maximum absolute atomic E-state index is 12.6. The molecule has 1 aromatic rings. The van der Waals surface area contributed by atoms with E-state index in [0.29, 0.717) is 41.5 Å². The largest absolute Gasteiger partial charge is 0.480 e. The first-order valence-corrected chi connectivity index (χ1v) is 11.5. The molecule has 3 amide bonds. The molecule has 0 saturated carbocycles. The first-order chi connectivity index (χ1) is 15.9. The fraction of sp³-hybridized carbons (Fsp3) is 0.478. The first-order valence-electron chi connectivity index (χ1n) is 10.8. The molecule has 186 valence electrons. The van der Waals surface area contributed by atoms with Gasteiger partial charge in [0.15, 0.2) is 0 Å². The molecule has 9 nitrogen and oxygen atoms in total. The Hall–Kier alpha value is -2.78. The van der Waals surface area contributed by atoms with E-state index in [-0.39, 0.29) is 12.5 Å². The maximum atomic E-state index is 12.6. The highest BCUT2D eigenvalue weighted by molar-refractivity contribution is 6.42. The van der Waals surface area contributed by atoms with Crippen LogP contribution in [-0.4, -0.2) is 65.2 Å². The molecule has 1 saturated heterocycles. The average molecular weight is 514 g/mol. The number of halogens is 2. The van der Waals surface area contributed by atoms with Crippen molar-refractivity contribution in [3.63, 3.8) is 0 Å². The van der Waals surface area contributed by atoms with Gasteiger partial charge in [0.2, 0.25) is 11.8 Å². The molecule has 0 radical (unpaired) electrons. The highest BCUT2D eigenvalue weighted by Gasteiger charge is 2.30. The molecule has 0 spiro atoms. The van der Waals surface area contributed by atoms with Crippen molar-refractivity contribution in [2.45, 2.75) is 45.3 Å². The summed E-state index contributed by atoms with van der Waals surface area (Å²) in [5.41, 5.74) is -0.107. The van der Waals surface area contributed by atoms with Crippen LogP contribution in [0.4, 0.5) is 4.79 Å². The summed E-state index contributed by atoms with van der Waals surface area (Å²) < 4.78 is 5.07. The van der Waals surface area contributed by atoms with Gasteiger partial charge < -0.3 is 25.4 Å². The van der Waals surface area contributed by atoms with Crippen LogP contribution in [0.1, 0.15) is 39.2 Å². The van der Waals surface area contributed by atoms with Gasteiger partial charge in [-0.25, -0.2) is 9.59 Å². The number of rotatable bonds is 7. The van der Waals surface area contributed by atoms with Gasteiger partial charge in [-0.1, -0.05) is 35.3 Å². The fourth-order valence-corrected chi connectivity index (χ4v) is 3.64. The van der Waals surface area contributed by atoms with Crippen molar-refractivity contribution >= 4 is 53.2 Å². The van der Waals surface area contributed by atoms with Crippen LogP contribution in [0.3, 0.4) is 0 Å². The fourth-order valence-electron chi connectivity index (χ4n) is 3.27. The predicted molar refractivity (Wildman–Crippen MR) is 129 cm³/mol. The van der Waals surface area contributed by atoms with Crippen LogP contribution in [0, 0.1) is 5.92 Å². The van der Waals surface area contributed by atoms with Crippen molar-refractivity contribution in [3.05, 3.63) is 39.9 Å². The lowest BCUT2D eigenvalue weighted by atomic mass is 9.95. The summed E-state index contributed by atoms with van der Waals surface area (Å²) in [6.45, 7) is 5.42. The van der Waals surface area contributed by atoms with Crippen LogP contribution < -0.4 is 10.6 Å². The summed E-state index contributed by atoms with van der Waals surface area (Å²) >= 11 is 12.1. The Balaban J connectivity index is 1.85. The summed E-state index contributed by atoms with van der Waals surface area (Å²) in [6, 6.07) is 3.83. The lowest BCUT2D eigenvalue weighted by Crippen LogP contribution is -2.52. The van der Waals surface area contributed by atoms with Crippen molar-refractivity contribution in [3.8, 4) is 0 Å². The van der Waals surface area contributed by atoms with Gasteiger partial charge >= 0.3 is 12.1 Å². The summed E-state index contributed by atoms with van der Waals surface area (Å²) in [4.78, 5) is 49.9. The standard InChI is InChI=1S/C23H29Cl2N3O6/c1-23(2,3)34-22(33)26-13-17(21(31)32)27-20(30)15-9-11-28(12-10-15)18(29)8-7-14-5-4-6-16(24)19(14)25/h4-8,15,17H,9-13H2,1-3H3,(H,26,33)(H,27,30)(H,31,32)/b8-7+/t17-/m0/s1. The Labute approximate surface area is 208 Å². The van der Waals surface area contributed by atoms with Crippen LogP contribution in [0.25, 0.3) is 6.08 Å². The average Bonchev–Trinajstić information content (AvgIpc) is 2.76. The van der Waals surface area contributed by atoms with Crippen molar-refractivity contribution < 1.29 is 29.0 Å². The normalized spacial score (nSPS) is 15.6. The Kier molecular flexibility index (Phi) is 9.76. The number of piperidine rings is 1. The van der Waals surface area contributed by atoms with Crippen LogP contribution in [-0.2, 0) is 19.1 Å². The summed E-state index contributed by atoms with van der Waals surface area (Å²) in [6.07, 6.45) is 2.99. The third-order valence-electron chi connectivity index (χ3n) is 5.03. The number of carbonyl (C=O) groups excluding carboxylic acids is 3. The van der Waals surface area contributed by atoms with E-state index >= 15 is 0 Å². The molecule has 1 aliphatic rings. The predicted octanol–water partition coefficient (Wildman–Crippen LogP) is 3.34. The number of likely N-dealkylation sites (tertiary alicyclic amines) is 1. The third-order valence-corrected chi connectivity index (χ3v) is 5.86. The van der Waals surface area contributed by atoms with Gasteiger partial charge in [-0.2, -0.15) is 0 Å². The SMILES string of the molecule is CC(C)(C)OC(=O)NC[C@H](NC(=O)C1CCN(C(=O)/C=C/c2cccc(Cl)c2Cl)CC1)C(=O)O. The van der Waals surface area contributed by atoms with Gasteiger partial charge in [-0.05, 0) is 51.3 Å². The number of nitrogens with one attached hydrogen (secondary N) is 2. The van der Waals surface area contributed by atoms with Crippen molar-refractivity contribution in [2.75, 3.05) is 19.6 Å². The number of aliphatic carboxylic acids is 1. The first kappa shape index (κ1) is 27.5. The number of ether oxygens (including phenoxy) is 1. The highest BCUT2D eigenvalue weighted by atomic mass is 35.5. The number of carboxylic acid groups (broad SMARTS) is 1. The van der Waals surface area contributed by atoms with Gasteiger partial charge in [-0.15, -0.1) is 0 Å². The van der Waals surface area contributed by atoms with Crippen LogP contribution in [0.5, 0.6) is 0 Å². The number of carboxylic acids is 1. The molecule has 0 unspecified atom stereocenters. The Morgan fingerprint density at radius 2 is 1.85 bits per heavy atom. The Morgan fingerprint density at radius 3 is 2.44 bits per heavy atom. The minimum absolute atomic E-state index is 0.222. The van der Waals surface area contributed by atoms with Crippen molar-refractivity contribution in [1.82, 2.24) is 15.5 Å². The zero-order chi connectivity index (χ0) is 25.5. The van der Waals surface area contributed by atoms with Crippen molar-refractivity contribution in [2.24, 2.45) is 5.92 Å². The van der Waals surface area contributed by atoms with Crippen LogP contribution in [0.15, 0.2) is 24.3 Å². The number of alkyl carbamates (subject to hydrolysis) is 1. The second kappa shape index (κ2) is 12.1. The summed E-state index contributed by atoms with van der Waals surface area (Å²) in [5, 5.41) is 14.9. The number of hydrogen-bond donors (Lipinski definition) is 3. The van der Waals surface area contributed by atoms with Crippen LogP contribution >= 0.6 is 23.2 Å². The van der Waals surface area contributed by atoms with Gasteiger partial charge in [0.05, 0.1) is 16.6 Å². The molecule has 34 heavy (non-hydrogen) atoms. The zero-order valence-electron chi connectivity index (χ0n) is 19.3. The molecule has 1 aliphatic heterocycles. The van der Waals surface area contributed by atoms with E-state index in [1.54, 1.807) is 49.9 Å². The van der Waals surface area contributed by atoms with E-state index < -0.39 is 35.5 Å². The van der Waals surface area contributed by atoms with Gasteiger partial charge in [0.1, 0.15) is 11.6 Å². The Bertz CT molecular complexity index is 953. The van der Waals surface area contributed by atoms with Gasteiger partial charge in [0, 0.05) is 25.1 Å². The summed E-state index contributed by atoms with van der Waals surface area (Å²) in [5.74, 6) is -2.38. The van der Waals surface area contributed by atoms with E-state index in [0.717, 1.165) is 0 Å². The van der Waals surface area contributed by atoms with Gasteiger partial charge in [0.25, 0.3) is 0 Å². The number of carbonyl (C=O) groups is 4. The molecule has 11 heteroatoms. The second-order valence-electron chi connectivity index (χ2n) is 8.86. The third kappa shape index (κ3) is 8.53. The van der Waals surface area contributed by atoms with E-state index in [4.69, 9.17) is 27.9 Å². The zero-order valence-corrected chi connectivity index (χ0v) is 20.8. The number of benzene rings is 1. The number of hydrogen-bond acceptors (Lipinski definition) is 5. The van der Waals surface area contributed by atoms with Gasteiger partial charge in [-0.3, -0.25) is 9.59 Å². The van der Waals surface area contributed by atoms with E-state index in [1.165, 1.54) is 6.08 Å². The molecule has 0 aromatic heterocycles. The molecule has 1 atom stereocenters. The number of amides is 3. The molecule has 3 N–H and O–H groups in total. The molecule has 1 fully saturated rings. The molecule has 0 bridgehead atoms. The molecule has 1 aromatic carbocycles. The molecule has 0 aliphatic carbocycles. The quantitative estimate of drug-likeness (QED) is 0.480. The highest BCUT2D eigenvalue weighted by Crippen LogP contribution is 2.26. The van der Waals surface area contributed by atoms with E-state index in [1.807, 2.05) is 0 Å². The maximum Gasteiger partial charge on any atom is 0.407 e. The minimum atomic E-state index is -1.30. The van der Waals surface area contributed by atoms with E-state index in [2.05, 4.69) is 10.6 Å². The Morgan fingerprint density at radius 1 is 1.21 bits per heavy atom.